The molecule has 0 atom stereocenters. The molecule has 0 spiro atoms. The second-order valence-corrected chi connectivity index (χ2v) is 14.8. The van der Waals surface area contributed by atoms with Crippen LogP contribution in [0.2, 0.25) is 0 Å². The van der Waals surface area contributed by atoms with E-state index in [-0.39, 0.29) is 32.7 Å². The first-order chi connectivity index (χ1) is 28.6. The molecule has 59 heavy (non-hydrogen) atoms. The fourth-order valence-corrected chi connectivity index (χ4v) is 9.06. The molecule has 284 valence electrons. The lowest BCUT2D eigenvalue weighted by Gasteiger charge is -2.23. The summed E-state index contributed by atoms with van der Waals surface area (Å²) >= 11 is 0. The summed E-state index contributed by atoms with van der Waals surface area (Å²) < 4.78 is 6.56. The third-order valence-corrected chi connectivity index (χ3v) is 11.7. The number of hydrogen-bond acceptors (Lipinski definition) is 9. The molecular weight excluding hydrogens is 745 g/mol. The topological polar surface area (TPSA) is 175 Å². The Morgan fingerprint density at radius 3 is 1.32 bits per heavy atom. The number of phenols is 8. The summed E-state index contributed by atoms with van der Waals surface area (Å²) in [5.74, 6) is -7.47. The molecule has 0 radical (unpaired) electrons. The molecule has 9 nitrogen and oxygen atoms in total. The van der Waals surface area contributed by atoms with Gasteiger partial charge in [-0.25, -0.2) is 0 Å². The summed E-state index contributed by atoms with van der Waals surface area (Å²) in [7, 11) is 0. The summed E-state index contributed by atoms with van der Waals surface area (Å²) in [5, 5.41) is 97.8. The van der Waals surface area contributed by atoms with E-state index in [9.17, 15) is 40.9 Å². The van der Waals surface area contributed by atoms with Gasteiger partial charge < -0.3 is 45.3 Å². The molecule has 0 aliphatic carbocycles. The summed E-state index contributed by atoms with van der Waals surface area (Å²) in [6.07, 6.45) is 0. The first kappa shape index (κ1) is 34.0. The van der Waals surface area contributed by atoms with Crippen molar-refractivity contribution in [2.75, 3.05) is 0 Å². The largest absolute Gasteiger partial charge is 0.504 e. The number of furan rings is 1. The molecule has 1 heterocycles. The summed E-state index contributed by atoms with van der Waals surface area (Å²) in [6, 6.07) is 41.6. The second kappa shape index (κ2) is 12.1. The Labute approximate surface area is 333 Å². The lowest BCUT2D eigenvalue weighted by molar-refractivity contribution is 0.350. The minimum Gasteiger partial charge on any atom is -0.504 e. The molecule has 9 heteroatoms. The molecule has 0 aliphatic rings. The van der Waals surface area contributed by atoms with Crippen molar-refractivity contribution in [1.29, 1.82) is 0 Å². The number of aromatic hydroxyl groups is 8. The van der Waals surface area contributed by atoms with Gasteiger partial charge in [0.25, 0.3) is 0 Å². The van der Waals surface area contributed by atoms with Crippen LogP contribution in [0, 0.1) is 0 Å². The van der Waals surface area contributed by atoms with E-state index in [2.05, 4.69) is 12.1 Å². The van der Waals surface area contributed by atoms with Crippen molar-refractivity contribution in [3.8, 4) is 79.4 Å². The Morgan fingerprint density at radius 1 is 0.305 bits per heavy atom. The van der Waals surface area contributed by atoms with Crippen molar-refractivity contribution in [1.82, 2.24) is 0 Å². The maximum absolute atomic E-state index is 11.9. The minimum absolute atomic E-state index is 0.00763. The van der Waals surface area contributed by atoms with Crippen molar-refractivity contribution >= 4 is 75.8 Å². The predicted molar refractivity (Wildman–Crippen MR) is 231 cm³/mol. The molecule has 11 aromatic rings. The Morgan fingerprint density at radius 2 is 0.729 bits per heavy atom. The van der Waals surface area contributed by atoms with Gasteiger partial charge in [-0.05, 0) is 61.1 Å². The molecular formula is C50H30O9. The number of fused-ring (bicyclic) bond motifs is 9. The fraction of sp³-hybridized carbons (Fsp3) is 0. The highest BCUT2D eigenvalue weighted by atomic mass is 16.4. The molecule has 11 rings (SSSR count). The minimum atomic E-state index is -1.03. The summed E-state index contributed by atoms with van der Waals surface area (Å²) in [6.45, 7) is 0. The molecule has 10 aromatic carbocycles. The van der Waals surface area contributed by atoms with E-state index in [4.69, 9.17) is 4.42 Å². The smallest absolute Gasteiger partial charge is 0.204 e. The van der Waals surface area contributed by atoms with Crippen LogP contribution >= 0.6 is 0 Å². The highest BCUT2D eigenvalue weighted by molar-refractivity contribution is 6.31. The number of rotatable bonds is 3. The van der Waals surface area contributed by atoms with Gasteiger partial charge in [0, 0.05) is 49.0 Å². The van der Waals surface area contributed by atoms with E-state index >= 15 is 0 Å². The van der Waals surface area contributed by atoms with Gasteiger partial charge in [-0.3, -0.25) is 0 Å². The lowest BCUT2D eigenvalue weighted by Crippen LogP contribution is -1.95. The molecule has 0 unspecified atom stereocenters. The number of para-hydroxylation sites is 1. The van der Waals surface area contributed by atoms with Crippen LogP contribution in [0.25, 0.3) is 109 Å². The zero-order chi connectivity index (χ0) is 40.4. The van der Waals surface area contributed by atoms with Gasteiger partial charge >= 0.3 is 0 Å². The number of benzene rings is 10. The molecule has 0 saturated carbocycles. The van der Waals surface area contributed by atoms with Gasteiger partial charge in [0.1, 0.15) is 11.2 Å². The average Bonchev–Trinajstić information content (AvgIpc) is 3.67. The van der Waals surface area contributed by atoms with Crippen LogP contribution in [0.3, 0.4) is 0 Å². The standard InChI is InChI=1S/C50H30O9/c51-42-38-36(30-15-5-10-23-8-1-3-12-27(23)30)39-41(45(54)49(58)47(56)43(39)52)37(40(38)44(53)48(57)46(42)55)31-16-6-11-25-18-19-26(22-33(25)31)29-14-7-17-32-35-28-13-4-2-9-24(28)20-21-34(35)59-50(29)32/h1-22,51-58H. The van der Waals surface area contributed by atoms with Gasteiger partial charge in [0.2, 0.25) is 23.0 Å². The highest BCUT2D eigenvalue weighted by Gasteiger charge is 2.33. The van der Waals surface area contributed by atoms with Crippen LogP contribution in [-0.2, 0) is 0 Å². The van der Waals surface area contributed by atoms with Crippen LogP contribution in [0.4, 0.5) is 0 Å². The summed E-state index contributed by atoms with van der Waals surface area (Å²) in [4.78, 5) is 0. The maximum Gasteiger partial charge on any atom is 0.204 e. The fourth-order valence-electron chi connectivity index (χ4n) is 9.06. The summed E-state index contributed by atoms with van der Waals surface area (Å²) in [5.41, 5.74) is 3.60. The molecule has 1 aromatic heterocycles. The van der Waals surface area contributed by atoms with E-state index in [1.54, 1.807) is 36.4 Å². The number of hydrogen-bond donors (Lipinski definition) is 8. The van der Waals surface area contributed by atoms with Gasteiger partial charge in [-0.1, -0.05) is 121 Å². The average molecular weight is 775 g/mol. The van der Waals surface area contributed by atoms with E-state index < -0.39 is 46.0 Å². The monoisotopic (exact) mass is 774 g/mol. The van der Waals surface area contributed by atoms with Crippen molar-refractivity contribution in [3.05, 3.63) is 133 Å². The van der Waals surface area contributed by atoms with Crippen LogP contribution in [0.1, 0.15) is 0 Å². The van der Waals surface area contributed by atoms with E-state index in [0.29, 0.717) is 32.9 Å². The molecule has 0 aliphatic heterocycles. The first-order valence-corrected chi connectivity index (χ1v) is 18.7. The van der Waals surface area contributed by atoms with Crippen molar-refractivity contribution in [3.63, 3.8) is 0 Å². The van der Waals surface area contributed by atoms with E-state index in [0.717, 1.165) is 43.6 Å². The SMILES string of the molecule is Oc1c(O)c(O)c2c(-c3cccc4ccc(-c5cccc6c5oc5ccc7ccccc7c56)cc34)c3c(O)c(O)c(O)c(O)c3c(-c3cccc4ccccc34)c2c1O. The predicted octanol–water partition coefficient (Wildman–Crippen LogP) is 12.0. The molecule has 0 fully saturated rings. The molecule has 0 bridgehead atoms. The Balaban J connectivity index is 1.30. The Kier molecular flexibility index (Phi) is 6.97. The third-order valence-electron chi connectivity index (χ3n) is 11.7. The zero-order valence-corrected chi connectivity index (χ0v) is 30.7. The quantitative estimate of drug-likeness (QED) is 0.0493. The Bertz CT molecular complexity index is 3570. The van der Waals surface area contributed by atoms with Gasteiger partial charge in [0.05, 0.1) is 0 Å². The lowest BCUT2D eigenvalue weighted by atomic mass is 9.81. The van der Waals surface area contributed by atoms with Gasteiger partial charge in [-0.2, -0.15) is 0 Å². The van der Waals surface area contributed by atoms with E-state index in [1.165, 1.54) is 0 Å². The normalized spacial score (nSPS) is 11.9. The van der Waals surface area contributed by atoms with Gasteiger partial charge in [0.15, 0.2) is 23.0 Å². The van der Waals surface area contributed by atoms with Crippen LogP contribution < -0.4 is 0 Å². The number of phenolic OH excluding ortho intramolecular Hbond substituents is 8. The van der Waals surface area contributed by atoms with Crippen LogP contribution in [-0.4, -0.2) is 40.9 Å². The Hall–Kier alpha value is -8.30. The maximum atomic E-state index is 11.9. The molecule has 0 saturated heterocycles. The third kappa shape index (κ3) is 4.55. The van der Waals surface area contributed by atoms with Crippen molar-refractivity contribution in [2.45, 2.75) is 0 Å². The highest BCUT2D eigenvalue weighted by Crippen LogP contribution is 2.62. The second-order valence-electron chi connectivity index (χ2n) is 14.8. The zero-order valence-electron chi connectivity index (χ0n) is 30.7. The van der Waals surface area contributed by atoms with Crippen molar-refractivity contribution < 1.29 is 45.3 Å². The van der Waals surface area contributed by atoms with Crippen molar-refractivity contribution in [2.24, 2.45) is 0 Å². The molecule has 0 amide bonds. The van der Waals surface area contributed by atoms with Gasteiger partial charge in [-0.15, -0.1) is 0 Å². The van der Waals surface area contributed by atoms with Crippen LogP contribution in [0.15, 0.2) is 138 Å². The van der Waals surface area contributed by atoms with Crippen LogP contribution in [0.5, 0.6) is 46.0 Å². The van der Waals surface area contributed by atoms with E-state index in [1.807, 2.05) is 84.9 Å². The molecule has 8 N–H and O–H groups in total. The first-order valence-electron chi connectivity index (χ1n) is 18.7.